The van der Waals surface area contributed by atoms with Gasteiger partial charge in [0.15, 0.2) is 0 Å². The summed E-state index contributed by atoms with van der Waals surface area (Å²) >= 11 is 0. The first-order chi connectivity index (χ1) is 7.28. The van der Waals surface area contributed by atoms with E-state index >= 15 is 0 Å². The lowest BCUT2D eigenvalue weighted by Crippen LogP contribution is -2.49. The molecular formula is C13H28N2. The Balaban J connectivity index is 2.56. The number of rotatable bonds is 8. The number of hydrogen-bond acceptors (Lipinski definition) is 2. The normalized spacial score (nSPS) is 20.6. The molecule has 0 spiro atoms. The first-order valence-corrected chi connectivity index (χ1v) is 6.71. The van der Waals surface area contributed by atoms with Crippen molar-refractivity contribution in [1.82, 2.24) is 10.2 Å². The maximum atomic E-state index is 3.51. The molecule has 1 N–H and O–H groups in total. The topological polar surface area (TPSA) is 15.3 Å². The third-order valence-corrected chi connectivity index (χ3v) is 3.66. The minimum Gasteiger partial charge on any atom is -0.315 e. The lowest BCUT2D eigenvalue weighted by atomic mass is 9.99. The number of nitrogens with zero attached hydrogens (tertiary/aromatic N) is 1. The molecule has 15 heavy (non-hydrogen) atoms. The van der Waals surface area contributed by atoms with Crippen LogP contribution in [0.2, 0.25) is 0 Å². The highest BCUT2D eigenvalue weighted by atomic mass is 15.2. The van der Waals surface area contributed by atoms with Gasteiger partial charge in [0.1, 0.15) is 0 Å². The molecule has 90 valence electrons. The van der Waals surface area contributed by atoms with Crippen molar-refractivity contribution < 1.29 is 0 Å². The first kappa shape index (κ1) is 13.0. The molecule has 0 radical (unpaired) electrons. The molecule has 2 unspecified atom stereocenters. The van der Waals surface area contributed by atoms with Crippen molar-refractivity contribution in [3.05, 3.63) is 0 Å². The van der Waals surface area contributed by atoms with Crippen LogP contribution in [0.1, 0.15) is 52.9 Å². The fourth-order valence-corrected chi connectivity index (χ4v) is 2.76. The molecule has 1 fully saturated rings. The molecule has 0 heterocycles. The van der Waals surface area contributed by atoms with E-state index in [1.807, 2.05) is 0 Å². The molecule has 1 saturated carbocycles. The predicted molar refractivity (Wildman–Crippen MR) is 67.2 cm³/mol. The fraction of sp³-hybridized carbons (Fsp3) is 1.00. The maximum absolute atomic E-state index is 3.51. The molecule has 0 aromatic rings. The van der Waals surface area contributed by atoms with Crippen LogP contribution in [0.4, 0.5) is 0 Å². The van der Waals surface area contributed by atoms with Crippen molar-refractivity contribution in [3.8, 4) is 0 Å². The van der Waals surface area contributed by atoms with E-state index in [9.17, 15) is 0 Å². The van der Waals surface area contributed by atoms with Gasteiger partial charge in [0, 0.05) is 18.1 Å². The lowest BCUT2D eigenvalue weighted by molar-refractivity contribution is 0.148. The SMILES string of the molecule is CCCC(NC)C(CC)N(CC)C1CC1. The van der Waals surface area contributed by atoms with E-state index in [2.05, 4.69) is 38.0 Å². The molecular weight excluding hydrogens is 184 g/mol. The Morgan fingerprint density at radius 2 is 1.93 bits per heavy atom. The summed E-state index contributed by atoms with van der Waals surface area (Å²) in [5.41, 5.74) is 0. The van der Waals surface area contributed by atoms with Gasteiger partial charge in [0.2, 0.25) is 0 Å². The standard InChI is InChI=1S/C13H28N2/c1-5-8-12(14-4)13(6-2)15(7-3)11-9-10-11/h11-14H,5-10H2,1-4H3. The number of hydrogen-bond donors (Lipinski definition) is 1. The molecule has 1 aliphatic rings. The molecule has 1 aliphatic carbocycles. The minimum absolute atomic E-state index is 0.681. The third kappa shape index (κ3) is 3.46. The zero-order valence-electron chi connectivity index (χ0n) is 10.9. The highest BCUT2D eigenvalue weighted by Gasteiger charge is 2.34. The zero-order valence-corrected chi connectivity index (χ0v) is 10.9. The largest absolute Gasteiger partial charge is 0.315 e. The maximum Gasteiger partial charge on any atom is 0.0249 e. The van der Waals surface area contributed by atoms with E-state index in [1.54, 1.807) is 0 Å². The Labute approximate surface area is 95.4 Å². The van der Waals surface area contributed by atoms with Gasteiger partial charge in [-0.25, -0.2) is 0 Å². The van der Waals surface area contributed by atoms with Crippen LogP contribution in [0.3, 0.4) is 0 Å². The van der Waals surface area contributed by atoms with E-state index < -0.39 is 0 Å². The molecule has 2 heteroatoms. The van der Waals surface area contributed by atoms with Crippen LogP contribution in [-0.4, -0.2) is 36.6 Å². The monoisotopic (exact) mass is 212 g/mol. The molecule has 0 amide bonds. The number of likely N-dealkylation sites (N-methyl/N-ethyl adjacent to an activating group) is 2. The Morgan fingerprint density at radius 1 is 1.27 bits per heavy atom. The van der Waals surface area contributed by atoms with Gasteiger partial charge in [0.25, 0.3) is 0 Å². The van der Waals surface area contributed by atoms with Crippen molar-refractivity contribution >= 4 is 0 Å². The molecule has 2 atom stereocenters. The first-order valence-electron chi connectivity index (χ1n) is 6.71. The summed E-state index contributed by atoms with van der Waals surface area (Å²) in [4.78, 5) is 2.72. The minimum atomic E-state index is 0.681. The summed E-state index contributed by atoms with van der Waals surface area (Å²) in [5, 5.41) is 3.51. The van der Waals surface area contributed by atoms with Gasteiger partial charge in [0.05, 0.1) is 0 Å². The van der Waals surface area contributed by atoms with Crippen LogP contribution in [0.25, 0.3) is 0 Å². The van der Waals surface area contributed by atoms with Crippen LogP contribution >= 0.6 is 0 Å². The second-order valence-electron chi connectivity index (χ2n) is 4.72. The quantitative estimate of drug-likeness (QED) is 0.665. The summed E-state index contributed by atoms with van der Waals surface area (Å²) in [6, 6.07) is 2.32. The summed E-state index contributed by atoms with van der Waals surface area (Å²) in [7, 11) is 2.11. The van der Waals surface area contributed by atoms with Crippen LogP contribution < -0.4 is 5.32 Å². The summed E-state index contributed by atoms with van der Waals surface area (Å²) in [5.74, 6) is 0. The van der Waals surface area contributed by atoms with Crippen LogP contribution in [0.15, 0.2) is 0 Å². The van der Waals surface area contributed by atoms with Crippen LogP contribution in [-0.2, 0) is 0 Å². The van der Waals surface area contributed by atoms with Gasteiger partial charge >= 0.3 is 0 Å². The summed E-state index contributed by atoms with van der Waals surface area (Å²) < 4.78 is 0. The Hall–Kier alpha value is -0.0800. The molecule has 0 aromatic carbocycles. The molecule has 0 aliphatic heterocycles. The highest BCUT2D eigenvalue weighted by Crippen LogP contribution is 2.30. The number of nitrogens with one attached hydrogen (secondary N) is 1. The fourth-order valence-electron chi connectivity index (χ4n) is 2.76. The third-order valence-electron chi connectivity index (χ3n) is 3.66. The van der Waals surface area contributed by atoms with E-state index in [4.69, 9.17) is 0 Å². The van der Waals surface area contributed by atoms with E-state index in [1.165, 1.54) is 38.6 Å². The van der Waals surface area contributed by atoms with Crippen molar-refractivity contribution in [1.29, 1.82) is 0 Å². The molecule has 1 rings (SSSR count). The second kappa shape index (κ2) is 6.49. The van der Waals surface area contributed by atoms with Gasteiger partial charge in [-0.15, -0.1) is 0 Å². The summed E-state index contributed by atoms with van der Waals surface area (Å²) in [6.45, 7) is 8.13. The van der Waals surface area contributed by atoms with Gasteiger partial charge < -0.3 is 5.32 Å². The van der Waals surface area contributed by atoms with Crippen LogP contribution in [0, 0.1) is 0 Å². The van der Waals surface area contributed by atoms with Gasteiger partial charge in [-0.1, -0.05) is 27.2 Å². The molecule has 0 bridgehead atoms. The predicted octanol–water partition coefficient (Wildman–Crippen LogP) is 2.64. The van der Waals surface area contributed by atoms with E-state index in [0.29, 0.717) is 6.04 Å². The Morgan fingerprint density at radius 3 is 2.27 bits per heavy atom. The average molecular weight is 212 g/mol. The zero-order chi connectivity index (χ0) is 11.3. The van der Waals surface area contributed by atoms with Gasteiger partial charge in [-0.2, -0.15) is 0 Å². The van der Waals surface area contributed by atoms with E-state index in [-0.39, 0.29) is 0 Å². The summed E-state index contributed by atoms with van der Waals surface area (Å²) in [6.07, 6.45) is 6.71. The second-order valence-corrected chi connectivity index (χ2v) is 4.72. The molecule has 2 nitrogen and oxygen atoms in total. The Bertz CT molecular complexity index is 166. The van der Waals surface area contributed by atoms with Crippen molar-refractivity contribution in [3.63, 3.8) is 0 Å². The van der Waals surface area contributed by atoms with Gasteiger partial charge in [-0.05, 0) is 39.3 Å². The van der Waals surface area contributed by atoms with Crippen LogP contribution in [0.5, 0.6) is 0 Å². The Kier molecular flexibility index (Phi) is 5.62. The average Bonchev–Trinajstić information content (AvgIpc) is 3.07. The highest BCUT2D eigenvalue weighted by molar-refractivity contribution is 4.92. The van der Waals surface area contributed by atoms with Crippen molar-refractivity contribution in [2.45, 2.75) is 71.0 Å². The molecule has 0 saturated heterocycles. The van der Waals surface area contributed by atoms with Crippen molar-refractivity contribution in [2.75, 3.05) is 13.6 Å². The van der Waals surface area contributed by atoms with Gasteiger partial charge in [-0.3, -0.25) is 4.90 Å². The van der Waals surface area contributed by atoms with Crippen molar-refractivity contribution in [2.24, 2.45) is 0 Å². The molecule has 0 aromatic heterocycles. The lowest BCUT2D eigenvalue weighted by Gasteiger charge is -2.36. The van der Waals surface area contributed by atoms with E-state index in [0.717, 1.165) is 12.1 Å². The smallest absolute Gasteiger partial charge is 0.0249 e.